The third-order valence-corrected chi connectivity index (χ3v) is 5.85. The Balaban J connectivity index is 1.33. The van der Waals surface area contributed by atoms with E-state index in [0.717, 1.165) is 12.1 Å². The van der Waals surface area contributed by atoms with Gasteiger partial charge in [0.05, 0.1) is 12.6 Å². The number of hydrogen-bond acceptors (Lipinski definition) is 3. The van der Waals surface area contributed by atoms with E-state index < -0.39 is 0 Å². The highest BCUT2D eigenvalue weighted by atomic mass is 16.2. The van der Waals surface area contributed by atoms with Gasteiger partial charge >= 0.3 is 0 Å². The average molecular weight is 380 g/mol. The Morgan fingerprint density at radius 2 is 2.04 bits per heavy atom. The van der Waals surface area contributed by atoms with Crippen LogP contribution in [0.3, 0.4) is 0 Å². The highest BCUT2D eigenvalue weighted by Gasteiger charge is 2.32. The van der Waals surface area contributed by atoms with Crippen LogP contribution in [0.2, 0.25) is 0 Å². The third kappa shape index (κ3) is 4.61. The summed E-state index contributed by atoms with van der Waals surface area (Å²) in [5.74, 6) is 0.689. The first-order chi connectivity index (χ1) is 13.7. The number of hydrogen-bond donors (Lipinski definition) is 1. The number of benzene rings is 1. The Morgan fingerprint density at radius 1 is 1.18 bits per heavy atom. The second kappa shape index (κ2) is 8.59. The molecule has 0 spiro atoms. The SMILES string of the molecule is O=C(N[C@H]1CC(=O)N(CC2CCCCC2)C1)c1cccc(Cn2cccn2)c1. The van der Waals surface area contributed by atoms with Crippen molar-refractivity contribution >= 4 is 11.8 Å². The predicted octanol–water partition coefficient (Wildman–Crippen LogP) is 2.84. The van der Waals surface area contributed by atoms with E-state index in [-0.39, 0.29) is 17.9 Å². The van der Waals surface area contributed by atoms with E-state index in [1.54, 1.807) is 6.20 Å². The van der Waals surface area contributed by atoms with Crippen LogP contribution in [-0.2, 0) is 11.3 Å². The second-order valence-electron chi connectivity index (χ2n) is 8.08. The van der Waals surface area contributed by atoms with Gasteiger partial charge in [-0.2, -0.15) is 5.10 Å². The third-order valence-electron chi connectivity index (χ3n) is 5.85. The number of carbonyl (C=O) groups excluding carboxylic acids is 2. The van der Waals surface area contributed by atoms with Crippen LogP contribution in [0.5, 0.6) is 0 Å². The summed E-state index contributed by atoms with van der Waals surface area (Å²) >= 11 is 0. The van der Waals surface area contributed by atoms with Crippen LogP contribution in [-0.4, -0.2) is 45.6 Å². The summed E-state index contributed by atoms with van der Waals surface area (Å²) < 4.78 is 1.83. The van der Waals surface area contributed by atoms with Crippen molar-refractivity contribution < 1.29 is 9.59 Å². The molecule has 0 radical (unpaired) electrons. The number of aromatic nitrogens is 2. The van der Waals surface area contributed by atoms with Crippen LogP contribution < -0.4 is 5.32 Å². The molecular weight excluding hydrogens is 352 g/mol. The molecule has 6 nitrogen and oxygen atoms in total. The average Bonchev–Trinajstić information content (AvgIpc) is 3.33. The van der Waals surface area contributed by atoms with Gasteiger partial charge in [0.25, 0.3) is 5.91 Å². The monoisotopic (exact) mass is 380 g/mol. The maximum atomic E-state index is 12.7. The number of nitrogens with one attached hydrogen (secondary N) is 1. The molecule has 2 aliphatic rings. The van der Waals surface area contributed by atoms with Gasteiger partial charge in [-0.05, 0) is 42.5 Å². The first-order valence-corrected chi connectivity index (χ1v) is 10.3. The largest absolute Gasteiger partial charge is 0.347 e. The topological polar surface area (TPSA) is 67.2 Å². The smallest absolute Gasteiger partial charge is 0.251 e. The van der Waals surface area contributed by atoms with Crippen molar-refractivity contribution in [3.63, 3.8) is 0 Å². The van der Waals surface area contributed by atoms with Gasteiger partial charge in [-0.1, -0.05) is 31.4 Å². The van der Waals surface area contributed by atoms with Gasteiger partial charge < -0.3 is 10.2 Å². The van der Waals surface area contributed by atoms with Crippen molar-refractivity contribution in [2.45, 2.75) is 51.1 Å². The van der Waals surface area contributed by atoms with Gasteiger partial charge in [-0.15, -0.1) is 0 Å². The lowest BCUT2D eigenvalue weighted by Crippen LogP contribution is -2.38. The molecule has 1 N–H and O–H groups in total. The lowest BCUT2D eigenvalue weighted by atomic mass is 9.89. The summed E-state index contributed by atoms with van der Waals surface area (Å²) in [6.45, 7) is 2.11. The van der Waals surface area contributed by atoms with E-state index in [4.69, 9.17) is 0 Å². The molecule has 1 aromatic carbocycles. The van der Waals surface area contributed by atoms with E-state index in [1.807, 2.05) is 46.1 Å². The number of nitrogens with zero attached hydrogens (tertiary/aromatic N) is 3. The van der Waals surface area contributed by atoms with Crippen molar-refractivity contribution in [1.82, 2.24) is 20.0 Å². The Labute approximate surface area is 165 Å². The maximum Gasteiger partial charge on any atom is 0.251 e. The summed E-state index contributed by atoms with van der Waals surface area (Å²) in [4.78, 5) is 27.0. The minimum Gasteiger partial charge on any atom is -0.347 e. The predicted molar refractivity (Wildman–Crippen MR) is 107 cm³/mol. The quantitative estimate of drug-likeness (QED) is 0.838. The molecule has 2 aromatic rings. The van der Waals surface area contributed by atoms with E-state index in [9.17, 15) is 9.59 Å². The summed E-state index contributed by atoms with van der Waals surface area (Å²) in [6.07, 6.45) is 10.4. The fourth-order valence-electron chi connectivity index (χ4n) is 4.39. The lowest BCUT2D eigenvalue weighted by Gasteiger charge is -2.27. The maximum absolute atomic E-state index is 12.7. The number of likely N-dealkylation sites (tertiary alicyclic amines) is 1. The number of amides is 2. The van der Waals surface area contributed by atoms with Gasteiger partial charge in [0.2, 0.25) is 5.91 Å². The molecule has 1 aliphatic carbocycles. The van der Waals surface area contributed by atoms with Gasteiger partial charge in [0.15, 0.2) is 0 Å². The lowest BCUT2D eigenvalue weighted by molar-refractivity contribution is -0.128. The Morgan fingerprint density at radius 3 is 2.82 bits per heavy atom. The molecule has 1 saturated carbocycles. The Bertz CT molecular complexity index is 812. The van der Waals surface area contributed by atoms with Crippen LogP contribution in [0, 0.1) is 5.92 Å². The number of carbonyl (C=O) groups is 2. The molecule has 148 valence electrons. The van der Waals surface area contributed by atoms with Crippen LogP contribution in [0.25, 0.3) is 0 Å². The van der Waals surface area contributed by atoms with Crippen molar-refractivity contribution in [2.75, 3.05) is 13.1 Å². The molecule has 6 heteroatoms. The first-order valence-electron chi connectivity index (χ1n) is 10.3. The van der Waals surface area contributed by atoms with Crippen molar-refractivity contribution in [1.29, 1.82) is 0 Å². The van der Waals surface area contributed by atoms with Crippen molar-refractivity contribution in [3.05, 3.63) is 53.9 Å². The zero-order chi connectivity index (χ0) is 19.3. The minimum absolute atomic E-state index is 0.0987. The zero-order valence-electron chi connectivity index (χ0n) is 16.2. The molecular formula is C22H28N4O2. The summed E-state index contributed by atoms with van der Waals surface area (Å²) in [7, 11) is 0. The van der Waals surface area contributed by atoms with Crippen LogP contribution >= 0.6 is 0 Å². The molecule has 1 aromatic heterocycles. The molecule has 2 fully saturated rings. The molecule has 1 aliphatic heterocycles. The van der Waals surface area contributed by atoms with Gasteiger partial charge in [-0.25, -0.2) is 0 Å². The molecule has 0 unspecified atom stereocenters. The Hall–Kier alpha value is -2.63. The van der Waals surface area contributed by atoms with Gasteiger partial charge in [0.1, 0.15) is 0 Å². The summed E-state index contributed by atoms with van der Waals surface area (Å²) in [5.41, 5.74) is 1.65. The molecule has 2 heterocycles. The minimum atomic E-state index is -0.111. The molecule has 28 heavy (non-hydrogen) atoms. The van der Waals surface area contributed by atoms with Crippen LogP contribution in [0.1, 0.15) is 54.4 Å². The van der Waals surface area contributed by atoms with Gasteiger partial charge in [0, 0.05) is 37.5 Å². The van der Waals surface area contributed by atoms with Crippen molar-refractivity contribution in [3.8, 4) is 0 Å². The molecule has 1 atom stereocenters. The highest BCUT2D eigenvalue weighted by molar-refractivity contribution is 5.95. The van der Waals surface area contributed by atoms with Gasteiger partial charge in [-0.3, -0.25) is 14.3 Å². The molecule has 4 rings (SSSR count). The van der Waals surface area contributed by atoms with E-state index in [2.05, 4.69) is 10.4 Å². The normalized spacial score (nSPS) is 20.5. The fraction of sp³-hybridized carbons (Fsp3) is 0.500. The molecule has 0 bridgehead atoms. The highest BCUT2D eigenvalue weighted by Crippen LogP contribution is 2.26. The van der Waals surface area contributed by atoms with Crippen molar-refractivity contribution in [2.24, 2.45) is 5.92 Å². The van der Waals surface area contributed by atoms with E-state index in [0.29, 0.717) is 31.0 Å². The molecule has 1 saturated heterocycles. The van der Waals surface area contributed by atoms with E-state index in [1.165, 1.54) is 32.1 Å². The number of rotatable bonds is 6. The van der Waals surface area contributed by atoms with Crippen LogP contribution in [0.15, 0.2) is 42.7 Å². The summed E-state index contributed by atoms with van der Waals surface area (Å²) in [5, 5.41) is 7.26. The Kier molecular flexibility index (Phi) is 5.74. The fourth-order valence-corrected chi connectivity index (χ4v) is 4.39. The zero-order valence-corrected chi connectivity index (χ0v) is 16.2. The second-order valence-corrected chi connectivity index (χ2v) is 8.08. The molecule has 2 amide bonds. The van der Waals surface area contributed by atoms with Crippen LogP contribution in [0.4, 0.5) is 0 Å². The summed E-state index contributed by atoms with van der Waals surface area (Å²) in [6, 6.07) is 9.38. The standard InChI is InChI=1S/C22H28N4O2/c27-21-13-20(16-25(21)14-17-6-2-1-3-7-17)24-22(28)19-9-4-8-18(12-19)15-26-11-5-10-23-26/h4-5,8-12,17,20H,1-3,6-7,13-16H2,(H,24,28)/t20-/m0/s1. The first kappa shape index (κ1) is 18.7. The van der Waals surface area contributed by atoms with E-state index >= 15 is 0 Å².